The Morgan fingerprint density at radius 2 is 0.816 bits per heavy atom. The molecule has 5 rings (SSSR count). The van der Waals surface area contributed by atoms with Crippen molar-refractivity contribution in [2.75, 3.05) is 0 Å². The van der Waals surface area contributed by atoms with Gasteiger partial charge in [0.05, 0.1) is 0 Å². The van der Waals surface area contributed by atoms with E-state index < -0.39 is 0 Å². The van der Waals surface area contributed by atoms with E-state index in [-0.39, 0.29) is 0 Å². The summed E-state index contributed by atoms with van der Waals surface area (Å²) in [7, 11) is 0. The maximum atomic E-state index is 6.64. The van der Waals surface area contributed by atoms with E-state index in [9.17, 15) is 0 Å². The molecule has 0 aliphatic rings. The molecule has 4 nitrogen and oxygen atoms in total. The second-order valence-corrected chi connectivity index (χ2v) is 11.9. The third kappa shape index (κ3) is 4.36. The van der Waals surface area contributed by atoms with Gasteiger partial charge in [-0.05, 0) is 0 Å². The minimum atomic E-state index is 0.323. The summed E-state index contributed by atoms with van der Waals surface area (Å²) in [6, 6.07) is 21.3. The average molecular weight is 554 g/mol. The van der Waals surface area contributed by atoms with Crippen molar-refractivity contribution >= 4 is 22.3 Å². The van der Waals surface area contributed by atoms with Crippen LogP contribution >= 0.6 is 0 Å². The fourth-order valence-electron chi connectivity index (χ4n) is 5.46. The van der Waals surface area contributed by atoms with Crippen LogP contribution in [0.5, 0.6) is 0 Å². The number of rotatable bonds is 6. The van der Waals surface area contributed by atoms with Gasteiger partial charge in [-0.25, -0.2) is 0 Å². The third-order valence-corrected chi connectivity index (χ3v) is 7.85. The van der Waals surface area contributed by atoms with Crippen molar-refractivity contribution in [1.82, 2.24) is 19.1 Å². The summed E-state index contributed by atoms with van der Waals surface area (Å²) in [5, 5.41) is 0. The Labute approximate surface area is 234 Å². The number of para-hydroxylation sites is 4. The Kier molecular flexibility index (Phi) is 7.19. The molecule has 5 aromatic rings. The van der Waals surface area contributed by atoms with Crippen LogP contribution in [0.1, 0.15) is 101 Å². The van der Waals surface area contributed by atoms with Gasteiger partial charge in [0.25, 0.3) is 0 Å². The molecular weight excluding hydrogens is 516 g/mol. The van der Waals surface area contributed by atoms with Gasteiger partial charge >= 0.3 is 235 Å². The first-order valence-corrected chi connectivity index (χ1v) is 14.2. The molecule has 0 spiro atoms. The van der Waals surface area contributed by atoms with Crippen LogP contribution < -0.4 is 0 Å². The molecule has 0 atom stereocenters. The van der Waals surface area contributed by atoms with Gasteiger partial charge in [0.2, 0.25) is 0 Å². The molecule has 0 fully saturated rings. The topological polar surface area (TPSA) is 35.6 Å². The molecule has 0 saturated heterocycles. The van der Waals surface area contributed by atoms with Crippen LogP contribution in [-0.4, -0.2) is 19.1 Å². The number of imidazole rings is 1. The van der Waals surface area contributed by atoms with E-state index >= 15 is 0 Å². The number of fused-ring (bicyclic) bond motifs is 2. The number of aromatic nitrogens is 4. The zero-order valence-corrected chi connectivity index (χ0v) is 24.6. The molecule has 0 saturated carbocycles. The predicted octanol–water partition coefficient (Wildman–Crippen LogP) is 8.94. The standard InChI is InChI=1S/C33H38N4.Cu/c1-20(2)24-13-11-14-25(21(3)4)30(24)36-19-37(31-26(22(5)6)15-12-16-27(31)23(7)8)33-32(36)34-28-17-9-10-18-29(28)35-33;/h9-18,20-23H,1-8H3;. The van der Waals surface area contributed by atoms with Crippen LogP contribution in [0.15, 0.2) is 60.7 Å². The monoisotopic (exact) mass is 553 g/mol. The number of benzene rings is 3. The molecule has 5 heteroatoms. The first kappa shape index (κ1) is 26.6. The Hall–Kier alpha value is -3.01. The SMILES string of the molecule is CC(C)c1cccc(C(C)C)c1-n1[c](=[Cu])n(-c2c(C(C)C)cccc2C(C)C)c2nc3ccccc3nc21. The van der Waals surface area contributed by atoms with Crippen molar-refractivity contribution in [1.29, 1.82) is 0 Å². The normalized spacial score (nSPS) is 12.3. The van der Waals surface area contributed by atoms with Gasteiger partial charge in [0, 0.05) is 0 Å². The van der Waals surface area contributed by atoms with E-state index in [0.717, 1.165) is 33.7 Å². The van der Waals surface area contributed by atoms with E-state index in [1.807, 2.05) is 24.3 Å². The second kappa shape index (κ2) is 10.3. The van der Waals surface area contributed by atoms with Crippen molar-refractivity contribution in [3.05, 3.63) is 87.2 Å². The van der Waals surface area contributed by atoms with Crippen LogP contribution in [0, 0.1) is 4.32 Å². The minimum absolute atomic E-state index is 0.323. The fraction of sp³-hybridized carbons (Fsp3) is 0.364. The molecule has 0 radical (unpaired) electrons. The third-order valence-electron chi connectivity index (χ3n) is 7.43. The molecule has 0 N–H and O–H groups in total. The van der Waals surface area contributed by atoms with Crippen LogP contribution in [0.25, 0.3) is 33.7 Å². The molecule has 3 aromatic carbocycles. The summed E-state index contributed by atoms with van der Waals surface area (Å²) in [5.41, 5.74) is 10.7. The molecule has 0 bridgehead atoms. The zero-order chi connectivity index (χ0) is 27.3. The Balaban J connectivity index is 2.05. The molecule has 38 heavy (non-hydrogen) atoms. The summed E-state index contributed by atoms with van der Waals surface area (Å²) in [4.78, 5) is 10.4. The molecule has 0 unspecified atom stereocenters. The molecule has 0 aliphatic carbocycles. The number of nitrogens with zero attached hydrogens (tertiary/aromatic N) is 4. The van der Waals surface area contributed by atoms with Crippen LogP contribution in [0.3, 0.4) is 0 Å². The van der Waals surface area contributed by atoms with E-state index in [0.29, 0.717) is 28.0 Å². The van der Waals surface area contributed by atoms with Gasteiger partial charge in [-0.3, -0.25) is 0 Å². The molecular formula is C33H38CuN4. The van der Waals surface area contributed by atoms with Crippen molar-refractivity contribution < 1.29 is 15.6 Å². The van der Waals surface area contributed by atoms with E-state index in [1.165, 1.54) is 22.3 Å². The zero-order valence-electron chi connectivity index (χ0n) is 23.7. The van der Waals surface area contributed by atoms with Crippen molar-refractivity contribution in [3.63, 3.8) is 0 Å². The first-order valence-electron chi connectivity index (χ1n) is 13.7. The molecule has 0 aliphatic heterocycles. The summed E-state index contributed by atoms with van der Waals surface area (Å²) >= 11 is 6.64. The van der Waals surface area contributed by atoms with Crippen LogP contribution in [0.4, 0.5) is 0 Å². The van der Waals surface area contributed by atoms with Gasteiger partial charge in [0.1, 0.15) is 0 Å². The first-order chi connectivity index (χ1) is 18.1. The van der Waals surface area contributed by atoms with Gasteiger partial charge in [-0.15, -0.1) is 0 Å². The van der Waals surface area contributed by atoms with Gasteiger partial charge in [-0.2, -0.15) is 0 Å². The molecule has 0 amide bonds. The van der Waals surface area contributed by atoms with Gasteiger partial charge in [-0.1, -0.05) is 0 Å². The van der Waals surface area contributed by atoms with Crippen molar-refractivity contribution in [3.8, 4) is 11.4 Å². The number of hydrogen-bond donors (Lipinski definition) is 0. The predicted molar refractivity (Wildman–Crippen MR) is 155 cm³/mol. The molecule has 201 valence electrons. The average Bonchev–Trinajstić information content (AvgIpc) is 3.15. The summed E-state index contributed by atoms with van der Waals surface area (Å²) in [5.74, 6) is 1.29. The maximum absolute atomic E-state index is 6.64. The van der Waals surface area contributed by atoms with Crippen LogP contribution in [-0.2, 0) is 15.6 Å². The number of hydrogen-bond acceptors (Lipinski definition) is 2. The van der Waals surface area contributed by atoms with Crippen molar-refractivity contribution in [2.24, 2.45) is 0 Å². The summed E-state index contributed by atoms with van der Waals surface area (Å²) < 4.78 is 5.08. The van der Waals surface area contributed by atoms with Crippen LogP contribution in [0.2, 0.25) is 0 Å². The van der Waals surface area contributed by atoms with Gasteiger partial charge in [0.15, 0.2) is 0 Å². The van der Waals surface area contributed by atoms with E-state index in [2.05, 4.69) is 101 Å². The summed E-state index contributed by atoms with van der Waals surface area (Å²) in [6.45, 7) is 18.0. The van der Waals surface area contributed by atoms with Gasteiger partial charge < -0.3 is 0 Å². The second-order valence-electron chi connectivity index (χ2n) is 11.5. The Morgan fingerprint density at radius 3 is 1.11 bits per heavy atom. The Morgan fingerprint density at radius 1 is 0.500 bits per heavy atom. The van der Waals surface area contributed by atoms with E-state index in [1.54, 1.807) is 0 Å². The Bertz CT molecular complexity index is 1530. The molecule has 2 heterocycles. The quantitative estimate of drug-likeness (QED) is 0.197. The van der Waals surface area contributed by atoms with Crippen molar-refractivity contribution in [2.45, 2.75) is 79.1 Å². The molecule has 2 aromatic heterocycles. The summed E-state index contributed by atoms with van der Waals surface area (Å²) in [6.07, 6.45) is 0. The van der Waals surface area contributed by atoms with E-state index in [4.69, 9.17) is 25.5 Å². The fourth-order valence-corrected chi connectivity index (χ4v) is 5.87.